The van der Waals surface area contributed by atoms with Crippen molar-refractivity contribution in [1.29, 1.82) is 5.41 Å². The number of fused-ring (bicyclic) bond motifs is 1. The molecule has 5 aliphatic carbocycles. The lowest BCUT2D eigenvalue weighted by molar-refractivity contribution is -0.115. The third-order valence-electron chi connectivity index (χ3n) is 8.90. The van der Waals surface area contributed by atoms with E-state index in [1.165, 1.54) is 44.1 Å². The van der Waals surface area contributed by atoms with Crippen LogP contribution in [0.1, 0.15) is 65.2 Å². The third kappa shape index (κ3) is 1.43. The Hall–Kier alpha value is -0.960. The van der Waals surface area contributed by atoms with E-state index in [9.17, 15) is 4.79 Å². The predicted molar refractivity (Wildman–Crippen MR) is 91.9 cm³/mol. The summed E-state index contributed by atoms with van der Waals surface area (Å²) in [6, 6.07) is 0. The van der Waals surface area contributed by atoms with E-state index >= 15 is 0 Å². The fourth-order valence-corrected chi connectivity index (χ4v) is 8.39. The maximum Gasteiger partial charge on any atom is 0.155 e. The van der Waals surface area contributed by atoms with Gasteiger partial charge in [0.25, 0.3) is 0 Å². The number of allylic oxidation sites excluding steroid dienone is 1. The van der Waals surface area contributed by atoms with Gasteiger partial charge in [-0.15, -0.1) is 0 Å². The van der Waals surface area contributed by atoms with Crippen LogP contribution in [-0.4, -0.2) is 11.5 Å². The molecule has 0 aliphatic heterocycles. The van der Waals surface area contributed by atoms with E-state index in [0.29, 0.717) is 27.9 Å². The van der Waals surface area contributed by atoms with E-state index in [2.05, 4.69) is 6.92 Å². The molecule has 6 atom stereocenters. The van der Waals surface area contributed by atoms with Crippen molar-refractivity contribution in [2.75, 3.05) is 0 Å². The van der Waals surface area contributed by atoms with Gasteiger partial charge in [-0.05, 0) is 80.6 Å². The molecule has 3 heteroatoms. The second kappa shape index (κ2) is 4.36. The molecule has 0 aromatic rings. The average Bonchev–Trinajstić information content (AvgIpc) is 2.74. The highest BCUT2D eigenvalue weighted by atomic mass is 16.1. The molecule has 23 heavy (non-hydrogen) atoms. The number of hydrogen-bond acceptors (Lipinski definition) is 3. The fourth-order valence-electron chi connectivity index (χ4n) is 8.39. The highest BCUT2D eigenvalue weighted by molar-refractivity contribution is 5.92. The maximum atomic E-state index is 11.9. The van der Waals surface area contributed by atoms with Crippen LogP contribution in [0, 0.1) is 39.4 Å². The molecular formula is C20H30N2O. The SMILES string of the molecule is CC(=N)C1CCC2C1(C)CCC1C34CCC(=O)C=C3CCC214.N. The van der Waals surface area contributed by atoms with Crippen molar-refractivity contribution in [3.8, 4) is 0 Å². The molecule has 0 aromatic heterocycles. The first-order valence-corrected chi connectivity index (χ1v) is 9.26. The molecule has 6 unspecified atom stereocenters. The lowest BCUT2D eigenvalue weighted by Gasteiger charge is -2.45. The van der Waals surface area contributed by atoms with E-state index in [1.54, 1.807) is 0 Å². The van der Waals surface area contributed by atoms with Crippen LogP contribution >= 0.6 is 0 Å². The van der Waals surface area contributed by atoms with E-state index in [1.807, 2.05) is 13.0 Å². The zero-order chi connectivity index (χ0) is 15.3. The Kier molecular flexibility index (Phi) is 2.95. The standard InChI is InChI=1S/C20H27NO.H3N/c1-12(21)15-3-4-16-18(15,2)8-7-17-19-10-6-14(22)11-13(19)5-9-20(16,17)19;/h11,15-17,21H,3-10H2,1-2H3;1H3. The van der Waals surface area contributed by atoms with E-state index in [4.69, 9.17) is 5.41 Å². The van der Waals surface area contributed by atoms with Crippen molar-refractivity contribution in [3.63, 3.8) is 0 Å². The van der Waals surface area contributed by atoms with Gasteiger partial charge in [-0.1, -0.05) is 12.5 Å². The van der Waals surface area contributed by atoms with Crippen molar-refractivity contribution in [1.82, 2.24) is 6.15 Å². The van der Waals surface area contributed by atoms with Gasteiger partial charge in [0.05, 0.1) is 0 Å². The summed E-state index contributed by atoms with van der Waals surface area (Å²) in [5.74, 6) is 2.58. The largest absolute Gasteiger partial charge is 0.344 e. The molecule has 0 aromatic carbocycles. The van der Waals surface area contributed by atoms with Gasteiger partial charge in [0.1, 0.15) is 0 Å². The van der Waals surface area contributed by atoms with Crippen LogP contribution in [0.15, 0.2) is 11.6 Å². The molecule has 0 amide bonds. The van der Waals surface area contributed by atoms with Crippen LogP contribution in [-0.2, 0) is 4.79 Å². The molecule has 0 radical (unpaired) electrons. The predicted octanol–water partition coefficient (Wildman–Crippen LogP) is 4.70. The van der Waals surface area contributed by atoms with E-state index in [-0.39, 0.29) is 6.15 Å². The summed E-state index contributed by atoms with van der Waals surface area (Å²) in [5.41, 5.74) is 3.77. The summed E-state index contributed by atoms with van der Waals surface area (Å²) in [6.45, 7) is 4.53. The molecule has 126 valence electrons. The number of nitrogens with one attached hydrogen (secondary N) is 1. The highest BCUT2D eigenvalue weighted by Gasteiger charge is 2.85. The molecule has 2 spiro atoms. The van der Waals surface area contributed by atoms with Crippen LogP contribution in [0.25, 0.3) is 0 Å². The minimum absolute atomic E-state index is 0. The smallest absolute Gasteiger partial charge is 0.155 e. The highest BCUT2D eigenvalue weighted by Crippen LogP contribution is 2.91. The van der Waals surface area contributed by atoms with Gasteiger partial charge >= 0.3 is 0 Å². The zero-order valence-electron chi connectivity index (χ0n) is 14.6. The Morgan fingerprint density at radius 1 is 1.13 bits per heavy atom. The van der Waals surface area contributed by atoms with Gasteiger partial charge in [-0.25, -0.2) is 0 Å². The normalized spacial score (nSPS) is 52.5. The van der Waals surface area contributed by atoms with Gasteiger partial charge in [0.15, 0.2) is 5.78 Å². The Morgan fingerprint density at radius 2 is 1.91 bits per heavy atom. The topological polar surface area (TPSA) is 75.9 Å². The van der Waals surface area contributed by atoms with Crippen molar-refractivity contribution in [3.05, 3.63) is 11.6 Å². The number of rotatable bonds is 1. The summed E-state index contributed by atoms with van der Waals surface area (Å²) in [4.78, 5) is 11.9. The number of carbonyl (C=O) groups is 1. The van der Waals surface area contributed by atoms with Crippen LogP contribution in [0.3, 0.4) is 0 Å². The molecule has 5 rings (SSSR count). The van der Waals surface area contributed by atoms with Gasteiger partial charge in [-0.3, -0.25) is 4.79 Å². The third-order valence-corrected chi connectivity index (χ3v) is 8.90. The van der Waals surface area contributed by atoms with Crippen molar-refractivity contribution in [2.45, 2.75) is 65.2 Å². The molecule has 4 fully saturated rings. The number of hydrogen-bond donors (Lipinski definition) is 2. The Balaban J connectivity index is 0.00000135. The van der Waals surface area contributed by atoms with Gasteiger partial charge in [-0.2, -0.15) is 0 Å². The number of carbonyl (C=O) groups excluding carboxylic acids is 1. The second-order valence-corrected chi connectivity index (χ2v) is 9.11. The van der Waals surface area contributed by atoms with Gasteiger partial charge in [0.2, 0.25) is 0 Å². The summed E-state index contributed by atoms with van der Waals surface area (Å²) in [7, 11) is 0. The Morgan fingerprint density at radius 3 is 2.65 bits per heavy atom. The van der Waals surface area contributed by atoms with Crippen molar-refractivity contribution < 1.29 is 4.79 Å². The molecule has 4 N–H and O–H groups in total. The lowest BCUT2D eigenvalue weighted by atomic mass is 9.59. The summed E-state index contributed by atoms with van der Waals surface area (Å²) >= 11 is 0. The second-order valence-electron chi connectivity index (χ2n) is 9.11. The van der Waals surface area contributed by atoms with Gasteiger partial charge in [0, 0.05) is 23.5 Å². The first kappa shape index (κ1) is 15.6. The lowest BCUT2D eigenvalue weighted by Crippen LogP contribution is -2.40. The minimum atomic E-state index is 0. The van der Waals surface area contributed by atoms with E-state index < -0.39 is 0 Å². The van der Waals surface area contributed by atoms with E-state index in [0.717, 1.165) is 30.4 Å². The molecular weight excluding hydrogens is 284 g/mol. The molecule has 0 heterocycles. The molecule has 3 nitrogen and oxygen atoms in total. The minimum Gasteiger partial charge on any atom is -0.344 e. The summed E-state index contributed by atoms with van der Waals surface area (Å²) in [6.07, 6.45) is 11.7. The quantitative estimate of drug-likeness (QED) is 0.688. The van der Waals surface area contributed by atoms with Crippen LogP contribution in [0.2, 0.25) is 0 Å². The first-order valence-electron chi connectivity index (χ1n) is 9.26. The average molecular weight is 314 g/mol. The summed E-state index contributed by atoms with van der Waals surface area (Å²) < 4.78 is 0. The maximum absolute atomic E-state index is 11.9. The first-order chi connectivity index (χ1) is 10.5. The molecule has 0 bridgehead atoms. The fraction of sp³-hybridized carbons (Fsp3) is 0.800. The Labute approximate surface area is 139 Å². The number of ketones is 1. The van der Waals surface area contributed by atoms with Crippen LogP contribution in [0.5, 0.6) is 0 Å². The molecule has 0 saturated heterocycles. The molecule has 5 aliphatic rings. The zero-order valence-corrected chi connectivity index (χ0v) is 14.6. The molecule has 4 saturated carbocycles. The van der Waals surface area contributed by atoms with Crippen LogP contribution < -0.4 is 6.15 Å². The monoisotopic (exact) mass is 314 g/mol. The Bertz CT molecular complexity index is 638. The van der Waals surface area contributed by atoms with Crippen molar-refractivity contribution >= 4 is 11.5 Å². The van der Waals surface area contributed by atoms with Crippen LogP contribution in [0.4, 0.5) is 0 Å². The van der Waals surface area contributed by atoms with Gasteiger partial charge < -0.3 is 11.6 Å². The summed E-state index contributed by atoms with van der Waals surface area (Å²) in [5, 5.41) is 8.26. The van der Waals surface area contributed by atoms with Crippen molar-refractivity contribution in [2.24, 2.45) is 34.0 Å².